The van der Waals surface area contributed by atoms with E-state index >= 15 is 0 Å². The number of methoxy groups -OCH3 is 1. The van der Waals surface area contributed by atoms with Crippen LogP contribution >= 0.6 is 0 Å². The summed E-state index contributed by atoms with van der Waals surface area (Å²) in [6, 6.07) is 1.64. The third-order valence-electron chi connectivity index (χ3n) is 4.42. The fraction of sp³-hybridized carbons (Fsp3) is 0.600. The lowest BCUT2D eigenvalue weighted by Crippen LogP contribution is -2.39. The number of piperidine rings is 1. The van der Waals surface area contributed by atoms with Crippen LogP contribution in [0.3, 0.4) is 0 Å². The Morgan fingerprint density at radius 2 is 2.15 bits per heavy atom. The Balaban J connectivity index is 2.24. The molecule has 0 unspecified atom stereocenters. The average Bonchev–Trinajstić information content (AvgIpc) is 2.47. The Bertz CT molecular complexity index is 494. The van der Waals surface area contributed by atoms with Crippen LogP contribution in [0.15, 0.2) is 12.3 Å². The molecule has 0 aliphatic carbocycles. The molecule has 1 saturated heterocycles. The number of nitrogen functional groups attached to an aromatic ring is 1. The topological polar surface area (TPSA) is 68.5 Å². The van der Waals surface area contributed by atoms with E-state index in [1.165, 1.54) is 13.5 Å². The second-order valence-electron chi connectivity index (χ2n) is 5.78. The lowest BCUT2D eigenvalue weighted by atomic mass is 9.78. The van der Waals surface area contributed by atoms with Crippen molar-refractivity contribution >= 4 is 17.5 Å². The van der Waals surface area contributed by atoms with Crippen LogP contribution in [-0.2, 0) is 4.74 Å². The van der Waals surface area contributed by atoms with Crippen molar-refractivity contribution in [2.75, 3.05) is 30.8 Å². The zero-order chi connectivity index (χ0) is 14.8. The van der Waals surface area contributed by atoms with Crippen molar-refractivity contribution in [3.8, 4) is 0 Å². The minimum absolute atomic E-state index is 0.386. The van der Waals surface area contributed by atoms with Crippen molar-refractivity contribution < 1.29 is 9.53 Å². The van der Waals surface area contributed by atoms with Gasteiger partial charge >= 0.3 is 5.97 Å². The fourth-order valence-electron chi connectivity index (χ4n) is 2.60. The second kappa shape index (κ2) is 5.69. The molecule has 110 valence electrons. The van der Waals surface area contributed by atoms with E-state index in [2.05, 4.69) is 23.7 Å². The summed E-state index contributed by atoms with van der Waals surface area (Å²) in [4.78, 5) is 18.4. The first-order chi connectivity index (χ1) is 9.49. The van der Waals surface area contributed by atoms with Crippen LogP contribution < -0.4 is 10.6 Å². The first kappa shape index (κ1) is 14.6. The van der Waals surface area contributed by atoms with E-state index in [0.29, 0.717) is 22.5 Å². The van der Waals surface area contributed by atoms with E-state index < -0.39 is 0 Å². The highest BCUT2D eigenvalue weighted by Crippen LogP contribution is 2.36. The van der Waals surface area contributed by atoms with Crippen molar-refractivity contribution in [3.63, 3.8) is 0 Å². The van der Waals surface area contributed by atoms with Gasteiger partial charge in [-0.3, -0.25) is 0 Å². The van der Waals surface area contributed by atoms with Gasteiger partial charge in [-0.15, -0.1) is 0 Å². The van der Waals surface area contributed by atoms with Gasteiger partial charge in [-0.05, 0) is 24.3 Å². The molecule has 2 heterocycles. The van der Waals surface area contributed by atoms with Crippen molar-refractivity contribution in [2.45, 2.75) is 33.1 Å². The Hall–Kier alpha value is -1.78. The number of carbonyl (C=O) groups is 1. The summed E-state index contributed by atoms with van der Waals surface area (Å²) in [5.41, 5.74) is 7.05. The van der Waals surface area contributed by atoms with E-state index in [1.807, 2.05) is 0 Å². The smallest absolute Gasteiger partial charge is 0.341 e. The number of ether oxygens (including phenoxy) is 1. The van der Waals surface area contributed by atoms with E-state index in [0.717, 1.165) is 25.9 Å². The maximum atomic E-state index is 11.9. The lowest BCUT2D eigenvalue weighted by molar-refractivity contribution is 0.0601. The van der Waals surface area contributed by atoms with Gasteiger partial charge in [-0.2, -0.15) is 0 Å². The molecule has 1 aromatic rings. The number of anilines is 2. The number of aromatic nitrogens is 1. The van der Waals surface area contributed by atoms with Crippen molar-refractivity contribution in [1.82, 2.24) is 4.98 Å². The molecular formula is C15H23N3O2. The summed E-state index contributed by atoms with van der Waals surface area (Å²) >= 11 is 0. The predicted octanol–water partition coefficient (Wildman–Crippen LogP) is 2.47. The molecule has 1 aliphatic rings. The Labute approximate surface area is 120 Å². The molecule has 0 aromatic carbocycles. The summed E-state index contributed by atoms with van der Waals surface area (Å²) in [5, 5.41) is 0. The summed E-state index contributed by atoms with van der Waals surface area (Å²) in [5.74, 6) is 0.299. The van der Waals surface area contributed by atoms with Crippen LogP contribution in [-0.4, -0.2) is 31.2 Å². The molecule has 1 aliphatic heterocycles. The molecule has 0 spiro atoms. The molecule has 1 fully saturated rings. The van der Waals surface area contributed by atoms with Crippen molar-refractivity contribution in [2.24, 2.45) is 5.41 Å². The third-order valence-corrected chi connectivity index (χ3v) is 4.42. The minimum atomic E-state index is -0.386. The van der Waals surface area contributed by atoms with E-state index in [1.54, 1.807) is 12.3 Å². The van der Waals surface area contributed by atoms with Gasteiger partial charge in [0, 0.05) is 13.1 Å². The molecule has 0 bridgehead atoms. The van der Waals surface area contributed by atoms with Crippen LogP contribution in [0.5, 0.6) is 0 Å². The number of rotatable bonds is 3. The second-order valence-corrected chi connectivity index (χ2v) is 5.78. The maximum Gasteiger partial charge on any atom is 0.341 e. The minimum Gasteiger partial charge on any atom is -0.465 e. The molecule has 0 saturated carbocycles. The third kappa shape index (κ3) is 2.86. The molecule has 0 atom stereocenters. The molecule has 20 heavy (non-hydrogen) atoms. The Kier molecular flexibility index (Phi) is 4.16. The monoisotopic (exact) mass is 277 g/mol. The lowest BCUT2D eigenvalue weighted by Gasteiger charge is -2.39. The van der Waals surface area contributed by atoms with Gasteiger partial charge in [0.15, 0.2) is 0 Å². The molecule has 2 N–H and O–H groups in total. The number of esters is 1. The highest BCUT2D eigenvalue weighted by molar-refractivity contribution is 5.95. The van der Waals surface area contributed by atoms with Crippen LogP contribution in [0, 0.1) is 5.41 Å². The normalized spacial score (nSPS) is 17.9. The zero-order valence-electron chi connectivity index (χ0n) is 12.5. The summed E-state index contributed by atoms with van der Waals surface area (Å²) in [6.07, 6.45) is 4.99. The standard InChI is InChI=1S/C15H23N3O2/c1-4-15(2)5-7-18(8-6-15)13-12(14(19)20-3)9-11(16)10-17-13/h9-10H,4-8,16H2,1-3H3. The molecule has 0 amide bonds. The van der Waals surface area contributed by atoms with Gasteiger partial charge in [-0.25, -0.2) is 9.78 Å². The van der Waals surface area contributed by atoms with Crippen molar-refractivity contribution in [3.05, 3.63) is 17.8 Å². The molecule has 0 radical (unpaired) electrons. The molecule has 5 heteroatoms. The van der Waals surface area contributed by atoms with Gasteiger partial charge in [-0.1, -0.05) is 20.3 Å². The highest BCUT2D eigenvalue weighted by atomic mass is 16.5. The largest absolute Gasteiger partial charge is 0.465 e. The van der Waals surface area contributed by atoms with Gasteiger partial charge in [0.2, 0.25) is 0 Å². The van der Waals surface area contributed by atoms with E-state index in [4.69, 9.17) is 10.5 Å². The van der Waals surface area contributed by atoms with Crippen LogP contribution in [0.1, 0.15) is 43.5 Å². The van der Waals surface area contributed by atoms with Crippen LogP contribution in [0.25, 0.3) is 0 Å². The van der Waals surface area contributed by atoms with E-state index in [9.17, 15) is 4.79 Å². The zero-order valence-corrected chi connectivity index (χ0v) is 12.5. The number of nitrogens with zero attached hydrogens (tertiary/aromatic N) is 2. The highest BCUT2D eigenvalue weighted by Gasteiger charge is 2.30. The molecule has 5 nitrogen and oxygen atoms in total. The molecule has 2 rings (SSSR count). The molecular weight excluding hydrogens is 254 g/mol. The quantitative estimate of drug-likeness (QED) is 0.860. The van der Waals surface area contributed by atoms with Gasteiger partial charge in [0.1, 0.15) is 11.4 Å². The first-order valence-electron chi connectivity index (χ1n) is 7.08. The Morgan fingerprint density at radius 3 is 2.70 bits per heavy atom. The van der Waals surface area contributed by atoms with E-state index in [-0.39, 0.29) is 5.97 Å². The summed E-state index contributed by atoms with van der Waals surface area (Å²) < 4.78 is 4.82. The number of carbonyl (C=O) groups excluding carboxylic acids is 1. The summed E-state index contributed by atoms with van der Waals surface area (Å²) in [6.45, 7) is 6.37. The van der Waals surface area contributed by atoms with Gasteiger partial charge in [0.25, 0.3) is 0 Å². The fourth-order valence-corrected chi connectivity index (χ4v) is 2.60. The Morgan fingerprint density at radius 1 is 1.50 bits per heavy atom. The first-order valence-corrected chi connectivity index (χ1v) is 7.08. The summed E-state index contributed by atoms with van der Waals surface area (Å²) in [7, 11) is 1.37. The number of nitrogens with two attached hydrogens (primary N) is 1. The number of pyridine rings is 1. The van der Waals surface area contributed by atoms with Crippen molar-refractivity contribution in [1.29, 1.82) is 0 Å². The number of hydrogen-bond donors (Lipinski definition) is 1. The van der Waals surface area contributed by atoms with Crippen LogP contribution in [0.2, 0.25) is 0 Å². The SMILES string of the molecule is CCC1(C)CCN(c2ncc(N)cc2C(=O)OC)CC1. The van der Waals surface area contributed by atoms with Crippen LogP contribution in [0.4, 0.5) is 11.5 Å². The van der Waals surface area contributed by atoms with Gasteiger partial charge < -0.3 is 15.4 Å². The molecule has 1 aromatic heterocycles. The maximum absolute atomic E-state index is 11.9. The number of hydrogen-bond acceptors (Lipinski definition) is 5. The van der Waals surface area contributed by atoms with Gasteiger partial charge in [0.05, 0.1) is 19.0 Å². The predicted molar refractivity (Wildman–Crippen MR) is 79.8 cm³/mol. The average molecular weight is 277 g/mol.